The number of hydrogen-bond donors (Lipinski definition) is 0. The standard InChI is InChI=1S/C16H19ClO/c1-12(2)5-4-6-13(3)11-14-7-9-15(10-8-14)16(17)18/h5,7-11H,4,6H2,1-3H3. The van der Waals surface area contributed by atoms with Crippen LogP contribution in [0.4, 0.5) is 0 Å². The van der Waals surface area contributed by atoms with Crippen molar-refractivity contribution in [1.29, 1.82) is 0 Å². The van der Waals surface area contributed by atoms with Crippen LogP contribution in [0.1, 0.15) is 49.5 Å². The molecule has 0 aliphatic rings. The van der Waals surface area contributed by atoms with E-state index in [4.69, 9.17) is 11.6 Å². The Kier molecular flexibility index (Phi) is 5.87. The fourth-order valence-corrected chi connectivity index (χ4v) is 1.78. The number of hydrogen-bond acceptors (Lipinski definition) is 1. The van der Waals surface area contributed by atoms with Crippen LogP contribution in [-0.2, 0) is 0 Å². The van der Waals surface area contributed by atoms with E-state index in [1.54, 1.807) is 12.1 Å². The monoisotopic (exact) mass is 262 g/mol. The van der Waals surface area contributed by atoms with Gasteiger partial charge in [0.15, 0.2) is 0 Å². The van der Waals surface area contributed by atoms with Crippen molar-refractivity contribution in [2.45, 2.75) is 33.6 Å². The summed E-state index contributed by atoms with van der Waals surface area (Å²) in [6, 6.07) is 7.34. The number of benzene rings is 1. The molecule has 0 saturated heterocycles. The average Bonchev–Trinajstić information content (AvgIpc) is 2.29. The molecule has 1 aromatic rings. The van der Waals surface area contributed by atoms with Gasteiger partial charge in [0, 0.05) is 5.56 Å². The zero-order valence-corrected chi connectivity index (χ0v) is 11.9. The molecular formula is C16H19ClO. The Balaban J connectivity index is 2.65. The van der Waals surface area contributed by atoms with Crippen LogP contribution >= 0.6 is 11.6 Å². The molecule has 2 heteroatoms. The van der Waals surface area contributed by atoms with Crippen LogP contribution in [0.25, 0.3) is 6.08 Å². The van der Waals surface area contributed by atoms with E-state index < -0.39 is 5.24 Å². The number of halogens is 1. The smallest absolute Gasteiger partial charge is 0.252 e. The largest absolute Gasteiger partial charge is 0.276 e. The minimum atomic E-state index is -0.411. The Morgan fingerprint density at radius 2 is 1.78 bits per heavy atom. The minimum Gasteiger partial charge on any atom is -0.276 e. The lowest BCUT2D eigenvalue weighted by Gasteiger charge is -2.00. The Labute approximate surface area is 114 Å². The predicted molar refractivity (Wildman–Crippen MR) is 78.9 cm³/mol. The first-order valence-corrected chi connectivity index (χ1v) is 6.47. The number of allylic oxidation sites excluding steroid dienone is 3. The van der Waals surface area contributed by atoms with Crippen LogP contribution in [0.5, 0.6) is 0 Å². The fraction of sp³-hybridized carbons (Fsp3) is 0.312. The topological polar surface area (TPSA) is 17.1 Å². The maximum atomic E-state index is 10.9. The molecule has 1 aromatic carbocycles. The summed E-state index contributed by atoms with van der Waals surface area (Å²) in [4.78, 5) is 10.9. The molecule has 96 valence electrons. The van der Waals surface area contributed by atoms with E-state index in [0.717, 1.165) is 18.4 Å². The van der Waals surface area contributed by atoms with Gasteiger partial charge in [-0.05, 0) is 62.9 Å². The molecule has 0 spiro atoms. The third-order valence-electron chi connectivity index (χ3n) is 2.64. The van der Waals surface area contributed by atoms with Gasteiger partial charge >= 0.3 is 0 Å². The Hall–Kier alpha value is -1.34. The van der Waals surface area contributed by atoms with Crippen molar-refractivity contribution in [3.8, 4) is 0 Å². The maximum absolute atomic E-state index is 10.9. The van der Waals surface area contributed by atoms with Crippen LogP contribution in [0.15, 0.2) is 41.5 Å². The summed E-state index contributed by atoms with van der Waals surface area (Å²) in [6.07, 6.45) is 6.51. The lowest BCUT2D eigenvalue weighted by molar-refractivity contribution is 0.108. The second-order valence-corrected chi connectivity index (χ2v) is 5.05. The van der Waals surface area contributed by atoms with Crippen LogP contribution in [-0.4, -0.2) is 5.24 Å². The van der Waals surface area contributed by atoms with Gasteiger partial charge in [0.25, 0.3) is 5.24 Å². The van der Waals surface area contributed by atoms with E-state index in [-0.39, 0.29) is 0 Å². The highest BCUT2D eigenvalue weighted by Crippen LogP contribution is 2.14. The molecule has 0 fully saturated rings. The minimum absolute atomic E-state index is 0.411. The molecule has 0 aliphatic heterocycles. The fourth-order valence-electron chi connectivity index (χ4n) is 1.66. The normalized spacial score (nSPS) is 11.2. The first-order valence-electron chi connectivity index (χ1n) is 6.09. The third kappa shape index (κ3) is 5.33. The van der Waals surface area contributed by atoms with Crippen LogP contribution in [0, 0.1) is 0 Å². The van der Waals surface area contributed by atoms with E-state index >= 15 is 0 Å². The Bertz CT molecular complexity index is 462. The van der Waals surface area contributed by atoms with Gasteiger partial charge in [-0.25, -0.2) is 0 Å². The second-order valence-electron chi connectivity index (χ2n) is 4.71. The quantitative estimate of drug-likeness (QED) is 0.525. The molecule has 0 radical (unpaired) electrons. The summed E-state index contributed by atoms with van der Waals surface area (Å²) in [5.41, 5.74) is 4.33. The first-order chi connectivity index (χ1) is 8.49. The predicted octanol–water partition coefficient (Wildman–Crippen LogP) is 5.22. The molecule has 0 aromatic heterocycles. The number of carbonyl (C=O) groups excluding carboxylic acids is 1. The highest BCUT2D eigenvalue weighted by Gasteiger charge is 1.99. The lowest BCUT2D eigenvalue weighted by atomic mass is 10.1. The van der Waals surface area contributed by atoms with Crippen LogP contribution in [0.3, 0.4) is 0 Å². The van der Waals surface area contributed by atoms with Crippen molar-refractivity contribution in [3.63, 3.8) is 0 Å². The van der Waals surface area contributed by atoms with Gasteiger partial charge in [-0.2, -0.15) is 0 Å². The van der Waals surface area contributed by atoms with Crippen molar-refractivity contribution in [2.24, 2.45) is 0 Å². The Morgan fingerprint density at radius 1 is 1.17 bits per heavy atom. The zero-order chi connectivity index (χ0) is 13.5. The maximum Gasteiger partial charge on any atom is 0.252 e. The van der Waals surface area contributed by atoms with Crippen molar-refractivity contribution in [3.05, 3.63) is 52.6 Å². The van der Waals surface area contributed by atoms with Gasteiger partial charge in [0.1, 0.15) is 0 Å². The molecular weight excluding hydrogens is 244 g/mol. The summed E-state index contributed by atoms with van der Waals surface area (Å²) in [5, 5.41) is -0.411. The summed E-state index contributed by atoms with van der Waals surface area (Å²) < 4.78 is 0. The van der Waals surface area contributed by atoms with E-state index in [2.05, 4.69) is 32.9 Å². The van der Waals surface area contributed by atoms with E-state index in [1.807, 2.05) is 12.1 Å². The van der Waals surface area contributed by atoms with Gasteiger partial charge in [0.2, 0.25) is 0 Å². The van der Waals surface area contributed by atoms with Gasteiger partial charge in [-0.3, -0.25) is 4.79 Å². The summed E-state index contributed by atoms with van der Waals surface area (Å²) in [7, 11) is 0. The molecule has 1 nitrogen and oxygen atoms in total. The molecule has 18 heavy (non-hydrogen) atoms. The molecule has 1 rings (SSSR count). The van der Waals surface area contributed by atoms with Crippen molar-refractivity contribution >= 4 is 22.9 Å². The summed E-state index contributed by atoms with van der Waals surface area (Å²) in [6.45, 7) is 6.35. The van der Waals surface area contributed by atoms with Crippen molar-refractivity contribution in [2.75, 3.05) is 0 Å². The Morgan fingerprint density at radius 3 is 2.28 bits per heavy atom. The second kappa shape index (κ2) is 7.17. The first kappa shape index (κ1) is 14.7. The summed E-state index contributed by atoms with van der Waals surface area (Å²) in [5.74, 6) is 0. The van der Waals surface area contributed by atoms with E-state index in [9.17, 15) is 4.79 Å². The summed E-state index contributed by atoms with van der Waals surface area (Å²) >= 11 is 5.40. The highest BCUT2D eigenvalue weighted by atomic mass is 35.5. The lowest BCUT2D eigenvalue weighted by Crippen LogP contribution is -1.87. The van der Waals surface area contributed by atoms with Crippen molar-refractivity contribution < 1.29 is 4.79 Å². The SMILES string of the molecule is CC(C)=CCCC(C)=Cc1ccc(C(=O)Cl)cc1. The molecule has 0 bridgehead atoms. The van der Waals surface area contributed by atoms with Crippen LogP contribution < -0.4 is 0 Å². The molecule has 0 saturated carbocycles. The molecule has 0 N–H and O–H groups in total. The van der Waals surface area contributed by atoms with Crippen LogP contribution in [0.2, 0.25) is 0 Å². The van der Waals surface area contributed by atoms with E-state index in [0.29, 0.717) is 5.56 Å². The molecule has 0 heterocycles. The third-order valence-corrected chi connectivity index (χ3v) is 2.86. The molecule has 0 unspecified atom stereocenters. The van der Waals surface area contributed by atoms with Gasteiger partial charge in [-0.1, -0.05) is 35.4 Å². The number of carbonyl (C=O) groups is 1. The molecule has 0 atom stereocenters. The van der Waals surface area contributed by atoms with Gasteiger partial charge in [0.05, 0.1) is 0 Å². The highest BCUT2D eigenvalue weighted by molar-refractivity contribution is 6.67. The molecule has 0 aliphatic carbocycles. The van der Waals surface area contributed by atoms with E-state index in [1.165, 1.54) is 11.1 Å². The van der Waals surface area contributed by atoms with Gasteiger partial charge < -0.3 is 0 Å². The van der Waals surface area contributed by atoms with Crippen molar-refractivity contribution in [1.82, 2.24) is 0 Å². The average molecular weight is 263 g/mol. The number of rotatable bonds is 5. The molecule has 0 amide bonds. The van der Waals surface area contributed by atoms with Gasteiger partial charge in [-0.15, -0.1) is 0 Å². The zero-order valence-electron chi connectivity index (χ0n) is 11.2.